The van der Waals surface area contributed by atoms with Crippen molar-refractivity contribution in [3.05, 3.63) is 57.8 Å². The number of carboxylic acids is 1. The fourth-order valence-electron chi connectivity index (χ4n) is 1.88. The molecule has 0 aliphatic carbocycles. The lowest BCUT2D eigenvalue weighted by molar-refractivity contribution is -0.138. The minimum absolute atomic E-state index is 0.454. The van der Waals surface area contributed by atoms with Gasteiger partial charge in [0, 0.05) is 4.88 Å². The summed E-state index contributed by atoms with van der Waals surface area (Å²) in [5.41, 5.74) is 2.00. The summed E-state index contributed by atoms with van der Waals surface area (Å²) in [7, 11) is 0. The van der Waals surface area contributed by atoms with Crippen molar-refractivity contribution < 1.29 is 9.90 Å². The monoisotopic (exact) mass is 246 g/mol. The van der Waals surface area contributed by atoms with Gasteiger partial charge in [0.1, 0.15) is 0 Å². The highest BCUT2D eigenvalue weighted by Gasteiger charge is 2.20. The highest BCUT2D eigenvalue weighted by atomic mass is 32.1. The average molecular weight is 246 g/mol. The Bertz CT molecular complexity index is 502. The van der Waals surface area contributed by atoms with Crippen LogP contribution in [0.1, 0.15) is 21.9 Å². The minimum Gasteiger partial charge on any atom is -0.481 e. The number of carbonyl (C=O) groups is 1. The van der Waals surface area contributed by atoms with Crippen molar-refractivity contribution in [2.75, 3.05) is 0 Å². The van der Waals surface area contributed by atoms with E-state index in [1.807, 2.05) is 48.7 Å². The minimum atomic E-state index is -0.762. The topological polar surface area (TPSA) is 37.3 Å². The normalized spacial score (nSPS) is 12.3. The molecule has 17 heavy (non-hydrogen) atoms. The van der Waals surface area contributed by atoms with E-state index in [9.17, 15) is 9.90 Å². The first-order valence-electron chi connectivity index (χ1n) is 5.49. The Kier molecular flexibility index (Phi) is 3.59. The standard InChI is InChI=1S/C14H14O2S/c1-10-12(7-8-17-10)9-13(14(15)16)11-5-3-2-4-6-11/h2-8,13H,9H2,1H3,(H,15,16). The third kappa shape index (κ3) is 2.74. The smallest absolute Gasteiger partial charge is 0.311 e. The molecule has 0 aliphatic heterocycles. The summed E-state index contributed by atoms with van der Waals surface area (Å²) >= 11 is 1.66. The number of benzene rings is 1. The predicted octanol–water partition coefficient (Wildman–Crippen LogP) is 3.47. The molecule has 1 N–H and O–H groups in total. The Labute approximate surface area is 105 Å². The maximum Gasteiger partial charge on any atom is 0.311 e. The predicted molar refractivity (Wildman–Crippen MR) is 69.6 cm³/mol. The molecular weight excluding hydrogens is 232 g/mol. The Hall–Kier alpha value is -1.61. The van der Waals surface area contributed by atoms with E-state index in [-0.39, 0.29) is 0 Å². The summed E-state index contributed by atoms with van der Waals surface area (Å²) in [6.45, 7) is 2.03. The summed E-state index contributed by atoms with van der Waals surface area (Å²) in [6, 6.07) is 11.4. The highest BCUT2D eigenvalue weighted by molar-refractivity contribution is 7.10. The van der Waals surface area contributed by atoms with E-state index in [0.29, 0.717) is 6.42 Å². The van der Waals surface area contributed by atoms with Crippen LogP contribution in [-0.2, 0) is 11.2 Å². The fraction of sp³-hybridized carbons (Fsp3) is 0.214. The number of thiophene rings is 1. The van der Waals surface area contributed by atoms with Gasteiger partial charge in [0.05, 0.1) is 5.92 Å². The lowest BCUT2D eigenvalue weighted by atomic mass is 9.92. The van der Waals surface area contributed by atoms with Crippen LogP contribution in [0.5, 0.6) is 0 Å². The molecule has 0 saturated carbocycles. The van der Waals surface area contributed by atoms with Gasteiger partial charge in [-0.25, -0.2) is 0 Å². The number of aryl methyl sites for hydroxylation is 1. The molecule has 0 bridgehead atoms. The van der Waals surface area contributed by atoms with Crippen LogP contribution in [-0.4, -0.2) is 11.1 Å². The molecule has 3 heteroatoms. The average Bonchev–Trinajstić information content (AvgIpc) is 2.72. The van der Waals surface area contributed by atoms with E-state index in [0.717, 1.165) is 11.1 Å². The Balaban J connectivity index is 2.26. The zero-order valence-corrected chi connectivity index (χ0v) is 10.4. The number of carboxylic acid groups (broad SMARTS) is 1. The van der Waals surface area contributed by atoms with Crippen molar-refractivity contribution in [1.82, 2.24) is 0 Å². The van der Waals surface area contributed by atoms with Crippen molar-refractivity contribution in [2.45, 2.75) is 19.3 Å². The van der Waals surface area contributed by atoms with E-state index in [4.69, 9.17) is 0 Å². The number of aliphatic carboxylic acids is 1. The van der Waals surface area contributed by atoms with Crippen LogP contribution in [0, 0.1) is 6.92 Å². The molecule has 1 atom stereocenters. The van der Waals surface area contributed by atoms with Gasteiger partial charge in [-0.2, -0.15) is 0 Å². The summed E-state index contributed by atoms with van der Waals surface area (Å²) in [5, 5.41) is 11.3. The molecule has 2 nitrogen and oxygen atoms in total. The maximum absolute atomic E-state index is 11.3. The molecule has 0 amide bonds. The second kappa shape index (κ2) is 5.15. The first-order chi connectivity index (χ1) is 8.18. The Morgan fingerprint density at radius 3 is 2.53 bits per heavy atom. The first kappa shape index (κ1) is 11.9. The van der Waals surface area contributed by atoms with Crippen LogP contribution >= 0.6 is 11.3 Å². The van der Waals surface area contributed by atoms with Crippen LogP contribution in [0.15, 0.2) is 41.8 Å². The van der Waals surface area contributed by atoms with Gasteiger partial charge in [-0.15, -0.1) is 11.3 Å². The van der Waals surface area contributed by atoms with Crippen LogP contribution in [0.3, 0.4) is 0 Å². The molecule has 0 saturated heterocycles. The molecule has 0 aliphatic rings. The van der Waals surface area contributed by atoms with Crippen LogP contribution < -0.4 is 0 Å². The molecule has 2 rings (SSSR count). The molecule has 1 aromatic carbocycles. The highest BCUT2D eigenvalue weighted by Crippen LogP contribution is 2.25. The molecule has 0 radical (unpaired) electrons. The van der Waals surface area contributed by atoms with E-state index in [1.165, 1.54) is 4.88 Å². The van der Waals surface area contributed by atoms with E-state index in [2.05, 4.69) is 0 Å². The molecule has 0 spiro atoms. The Morgan fingerprint density at radius 2 is 2.00 bits per heavy atom. The lowest BCUT2D eigenvalue weighted by Crippen LogP contribution is -2.14. The van der Waals surface area contributed by atoms with Crippen LogP contribution in [0.4, 0.5) is 0 Å². The third-order valence-corrected chi connectivity index (χ3v) is 3.78. The molecular formula is C14H14O2S. The molecule has 2 aromatic rings. The largest absolute Gasteiger partial charge is 0.481 e. The van der Waals surface area contributed by atoms with E-state index < -0.39 is 11.9 Å². The summed E-state index contributed by atoms with van der Waals surface area (Å²) in [4.78, 5) is 12.5. The van der Waals surface area contributed by atoms with Crippen molar-refractivity contribution in [3.63, 3.8) is 0 Å². The summed E-state index contributed by atoms with van der Waals surface area (Å²) in [5.74, 6) is -1.22. The van der Waals surface area contributed by atoms with E-state index in [1.54, 1.807) is 11.3 Å². The van der Waals surface area contributed by atoms with Gasteiger partial charge in [0.15, 0.2) is 0 Å². The second-order valence-corrected chi connectivity index (χ2v) is 5.13. The molecule has 1 heterocycles. The quantitative estimate of drug-likeness (QED) is 0.897. The Morgan fingerprint density at radius 1 is 1.29 bits per heavy atom. The van der Waals surface area contributed by atoms with Crippen molar-refractivity contribution in [2.24, 2.45) is 0 Å². The molecule has 1 unspecified atom stereocenters. The fourth-order valence-corrected chi connectivity index (χ4v) is 2.62. The molecule has 1 aromatic heterocycles. The molecule has 88 valence electrons. The van der Waals surface area contributed by atoms with Gasteiger partial charge < -0.3 is 5.11 Å². The lowest BCUT2D eigenvalue weighted by Gasteiger charge is -2.12. The third-order valence-electron chi connectivity index (χ3n) is 2.89. The first-order valence-corrected chi connectivity index (χ1v) is 6.37. The van der Waals surface area contributed by atoms with Gasteiger partial charge in [-0.3, -0.25) is 4.79 Å². The van der Waals surface area contributed by atoms with Gasteiger partial charge >= 0.3 is 5.97 Å². The van der Waals surface area contributed by atoms with Gasteiger partial charge in [0.2, 0.25) is 0 Å². The number of rotatable bonds is 4. The zero-order chi connectivity index (χ0) is 12.3. The summed E-state index contributed by atoms with van der Waals surface area (Å²) < 4.78 is 0. The van der Waals surface area contributed by atoms with Crippen molar-refractivity contribution >= 4 is 17.3 Å². The maximum atomic E-state index is 11.3. The number of hydrogen-bond acceptors (Lipinski definition) is 2. The van der Waals surface area contributed by atoms with Gasteiger partial charge in [-0.05, 0) is 35.9 Å². The van der Waals surface area contributed by atoms with Crippen molar-refractivity contribution in [3.8, 4) is 0 Å². The molecule has 0 fully saturated rings. The van der Waals surface area contributed by atoms with Gasteiger partial charge in [0.25, 0.3) is 0 Å². The number of hydrogen-bond donors (Lipinski definition) is 1. The van der Waals surface area contributed by atoms with Gasteiger partial charge in [-0.1, -0.05) is 30.3 Å². The second-order valence-electron chi connectivity index (χ2n) is 4.01. The SMILES string of the molecule is Cc1sccc1CC(C(=O)O)c1ccccc1. The van der Waals surface area contributed by atoms with E-state index >= 15 is 0 Å². The van der Waals surface area contributed by atoms with Crippen molar-refractivity contribution in [1.29, 1.82) is 0 Å². The van der Waals surface area contributed by atoms with Crippen LogP contribution in [0.2, 0.25) is 0 Å². The van der Waals surface area contributed by atoms with Crippen LogP contribution in [0.25, 0.3) is 0 Å². The summed E-state index contributed by atoms with van der Waals surface area (Å²) in [6.07, 6.45) is 0.564. The zero-order valence-electron chi connectivity index (χ0n) is 9.59.